The molecule has 46 heavy (non-hydrogen) atoms. The highest BCUT2D eigenvalue weighted by molar-refractivity contribution is 7.89. The number of hydrogen-bond acceptors (Lipinski definition) is 5. The van der Waals surface area contributed by atoms with Gasteiger partial charge in [0.1, 0.15) is 5.78 Å². The van der Waals surface area contributed by atoms with Crippen LogP contribution in [0.3, 0.4) is 0 Å². The Morgan fingerprint density at radius 2 is 1.09 bits per heavy atom. The summed E-state index contributed by atoms with van der Waals surface area (Å²) in [4.78, 5) is 14.4. The molecule has 4 atom stereocenters. The van der Waals surface area contributed by atoms with E-state index in [2.05, 4.69) is 6.92 Å². The number of Topliss-reactive ketones (excluding diaryl/α,β-unsaturated/α-hetero) is 1. The molecule has 0 N–H and O–H groups in total. The zero-order valence-corrected chi connectivity index (χ0v) is 28.3. The van der Waals surface area contributed by atoms with Crippen molar-refractivity contribution in [2.24, 2.45) is 5.92 Å². The van der Waals surface area contributed by atoms with Crippen LogP contribution < -0.4 is 0 Å². The molecule has 2 fully saturated rings. The maximum Gasteiger partial charge on any atom is 0.243 e. The van der Waals surface area contributed by atoms with Gasteiger partial charge in [0, 0.05) is 24.9 Å². The van der Waals surface area contributed by atoms with E-state index < -0.39 is 44.1 Å². The molecule has 0 aliphatic carbocycles. The zero-order valence-electron chi connectivity index (χ0n) is 26.6. The molecule has 0 amide bonds. The van der Waals surface area contributed by atoms with Crippen molar-refractivity contribution in [2.75, 3.05) is 6.54 Å². The number of fused-ring (bicyclic) bond motifs is 1. The first-order chi connectivity index (χ1) is 21.9. The normalized spacial score (nSPS) is 22.8. The van der Waals surface area contributed by atoms with E-state index in [4.69, 9.17) is 0 Å². The molecule has 0 unspecified atom stereocenters. The number of sulfonamides is 2. The van der Waals surface area contributed by atoms with E-state index in [1.54, 1.807) is 48.5 Å². The highest BCUT2D eigenvalue weighted by atomic mass is 32.2. The molecule has 2 saturated heterocycles. The maximum absolute atomic E-state index is 14.7. The second-order valence-electron chi connectivity index (χ2n) is 12.7. The monoisotopic (exact) mass is 656 g/mol. The standard InChI is InChI=1S/C37H40N2O5S2/c1-5-28-12-16-29(17-13-28)34-22-36-33(24-38(34)45(41,42)31-18-8-26(3)9-19-31)37(40)23-35(30-14-6-25(2)7-15-30)39(36)46(43,44)32-20-10-27(4)11-21-32/h6-21,33-36H,5,22-24H2,1-4H3/t33-,34+,35+,36+/m1/s1. The number of piperidine rings is 2. The molecular weight excluding hydrogens is 617 g/mol. The third-order valence-electron chi connectivity index (χ3n) is 9.55. The first kappa shape index (κ1) is 32.3. The molecule has 2 aliphatic heterocycles. The number of benzene rings is 4. The Labute approximate surface area is 273 Å². The minimum absolute atomic E-state index is 0.0381. The van der Waals surface area contributed by atoms with Crippen molar-refractivity contribution < 1.29 is 21.6 Å². The van der Waals surface area contributed by atoms with Crippen molar-refractivity contribution in [3.8, 4) is 0 Å². The third-order valence-corrected chi connectivity index (χ3v) is 13.4. The van der Waals surface area contributed by atoms with Gasteiger partial charge in [0.2, 0.25) is 20.0 Å². The number of nitrogens with zero attached hydrogens (tertiary/aromatic N) is 2. The van der Waals surface area contributed by atoms with Crippen molar-refractivity contribution in [2.45, 2.75) is 74.9 Å². The van der Waals surface area contributed by atoms with E-state index in [9.17, 15) is 21.6 Å². The summed E-state index contributed by atoms with van der Waals surface area (Å²) in [6.07, 6.45) is 0.931. The Morgan fingerprint density at radius 3 is 1.61 bits per heavy atom. The van der Waals surface area contributed by atoms with Crippen LogP contribution in [0.25, 0.3) is 0 Å². The molecule has 240 valence electrons. The predicted molar refractivity (Wildman–Crippen MR) is 179 cm³/mol. The molecule has 4 aromatic rings. The molecule has 0 bridgehead atoms. The van der Waals surface area contributed by atoms with Gasteiger partial charge in [-0.05, 0) is 74.6 Å². The molecule has 7 nitrogen and oxygen atoms in total. The van der Waals surface area contributed by atoms with Gasteiger partial charge in [0.25, 0.3) is 0 Å². The predicted octanol–water partition coefficient (Wildman–Crippen LogP) is 6.70. The summed E-state index contributed by atoms with van der Waals surface area (Å²) in [5, 5.41) is 0. The molecule has 9 heteroatoms. The second kappa shape index (κ2) is 12.5. The molecule has 4 aromatic carbocycles. The van der Waals surface area contributed by atoms with E-state index in [1.165, 1.54) is 8.61 Å². The SMILES string of the molecule is CCc1ccc([C@@H]2C[C@H]3[C@@H](CN2S(=O)(=O)c2ccc(C)cc2)C(=O)C[C@@H](c2ccc(C)cc2)N3S(=O)(=O)c2ccc(C)cc2)cc1. The smallest absolute Gasteiger partial charge is 0.243 e. The summed E-state index contributed by atoms with van der Waals surface area (Å²) in [7, 11) is -8.13. The lowest BCUT2D eigenvalue weighted by molar-refractivity contribution is -0.132. The molecule has 2 aliphatic rings. The Hall–Kier alpha value is -3.63. The summed E-state index contributed by atoms with van der Waals surface area (Å²) >= 11 is 0. The molecule has 2 heterocycles. The van der Waals surface area contributed by atoms with Gasteiger partial charge in [0.15, 0.2) is 0 Å². The number of hydrogen-bond donors (Lipinski definition) is 0. The number of aryl methyl sites for hydroxylation is 4. The molecular formula is C37H40N2O5S2. The van der Waals surface area contributed by atoms with Crippen LogP contribution in [0.4, 0.5) is 0 Å². The van der Waals surface area contributed by atoms with Crippen LogP contribution in [0.15, 0.2) is 107 Å². The Morgan fingerprint density at radius 1 is 0.630 bits per heavy atom. The van der Waals surface area contributed by atoms with Crippen LogP contribution in [0.5, 0.6) is 0 Å². The lowest BCUT2D eigenvalue weighted by Gasteiger charge is -2.51. The molecule has 0 saturated carbocycles. The van der Waals surface area contributed by atoms with Crippen molar-refractivity contribution >= 4 is 25.8 Å². The summed E-state index contributed by atoms with van der Waals surface area (Å²) in [5.74, 6) is -0.955. The Bertz CT molecular complexity index is 1940. The Kier molecular flexibility index (Phi) is 8.80. The fraction of sp³-hybridized carbons (Fsp3) is 0.324. The van der Waals surface area contributed by atoms with Crippen LogP contribution in [0.2, 0.25) is 0 Å². The van der Waals surface area contributed by atoms with Crippen molar-refractivity contribution in [1.82, 2.24) is 8.61 Å². The van der Waals surface area contributed by atoms with Crippen LogP contribution >= 0.6 is 0 Å². The van der Waals surface area contributed by atoms with Crippen molar-refractivity contribution in [3.63, 3.8) is 0 Å². The van der Waals surface area contributed by atoms with Crippen molar-refractivity contribution in [3.05, 3.63) is 130 Å². The maximum atomic E-state index is 14.7. The highest BCUT2D eigenvalue weighted by Crippen LogP contribution is 2.48. The van der Waals surface area contributed by atoms with Crippen molar-refractivity contribution in [1.29, 1.82) is 0 Å². The van der Waals surface area contributed by atoms with Gasteiger partial charge in [-0.2, -0.15) is 8.61 Å². The number of ketones is 1. The van der Waals surface area contributed by atoms with Crippen LogP contribution in [0.1, 0.15) is 65.2 Å². The van der Waals surface area contributed by atoms with Gasteiger partial charge >= 0.3 is 0 Å². The largest absolute Gasteiger partial charge is 0.299 e. The lowest BCUT2D eigenvalue weighted by Crippen LogP contribution is -2.60. The highest BCUT2D eigenvalue weighted by Gasteiger charge is 2.54. The van der Waals surface area contributed by atoms with E-state index in [1.807, 2.05) is 69.3 Å². The van der Waals surface area contributed by atoms with Gasteiger partial charge in [0.05, 0.1) is 21.9 Å². The molecule has 0 radical (unpaired) electrons. The second-order valence-corrected chi connectivity index (χ2v) is 16.4. The average molecular weight is 657 g/mol. The molecule has 0 aromatic heterocycles. The quantitative estimate of drug-likeness (QED) is 0.221. The minimum atomic E-state index is -4.09. The molecule has 0 spiro atoms. The number of rotatable bonds is 7. The van der Waals surface area contributed by atoms with Crippen LogP contribution in [-0.4, -0.2) is 43.8 Å². The van der Waals surface area contributed by atoms with Gasteiger partial charge in [-0.25, -0.2) is 16.8 Å². The van der Waals surface area contributed by atoms with Gasteiger partial charge < -0.3 is 0 Å². The summed E-state index contributed by atoms with van der Waals surface area (Å²) in [6.45, 7) is 7.71. The third kappa shape index (κ3) is 5.97. The topological polar surface area (TPSA) is 91.8 Å². The summed E-state index contributed by atoms with van der Waals surface area (Å²) in [5.41, 5.74) is 5.52. The number of carbonyl (C=O) groups is 1. The first-order valence-corrected chi connectivity index (χ1v) is 18.6. The Balaban J connectivity index is 1.51. The summed E-state index contributed by atoms with van der Waals surface area (Å²) in [6, 6.07) is 26.8. The number of carbonyl (C=O) groups excluding carboxylic acids is 1. The minimum Gasteiger partial charge on any atom is -0.299 e. The lowest BCUT2D eigenvalue weighted by atomic mass is 9.77. The van der Waals surface area contributed by atoms with Gasteiger partial charge in [-0.15, -0.1) is 0 Å². The van der Waals surface area contributed by atoms with E-state index in [-0.39, 0.29) is 35.0 Å². The van der Waals surface area contributed by atoms with E-state index >= 15 is 0 Å². The zero-order chi connectivity index (χ0) is 32.8. The van der Waals surface area contributed by atoms with Crippen LogP contribution in [0, 0.1) is 26.7 Å². The van der Waals surface area contributed by atoms with Gasteiger partial charge in [-0.3, -0.25) is 4.79 Å². The van der Waals surface area contributed by atoms with E-state index in [0.29, 0.717) is 0 Å². The van der Waals surface area contributed by atoms with Gasteiger partial charge in [-0.1, -0.05) is 96.4 Å². The first-order valence-electron chi connectivity index (χ1n) is 15.8. The summed E-state index contributed by atoms with van der Waals surface area (Å²) < 4.78 is 60.9. The van der Waals surface area contributed by atoms with E-state index in [0.717, 1.165) is 39.8 Å². The molecule has 6 rings (SSSR count). The average Bonchev–Trinajstić information content (AvgIpc) is 3.05. The fourth-order valence-corrected chi connectivity index (χ4v) is 10.3. The van der Waals surface area contributed by atoms with Crippen LogP contribution in [-0.2, 0) is 31.3 Å². The fourth-order valence-electron chi connectivity index (χ4n) is 6.83.